The van der Waals surface area contributed by atoms with Gasteiger partial charge in [0.25, 0.3) is 0 Å². The predicted octanol–water partition coefficient (Wildman–Crippen LogP) is 2.52. The van der Waals surface area contributed by atoms with E-state index in [1.54, 1.807) is 0 Å². The van der Waals surface area contributed by atoms with Gasteiger partial charge >= 0.3 is 0 Å². The van der Waals surface area contributed by atoms with Crippen LogP contribution in [0.2, 0.25) is 0 Å². The zero-order valence-electron chi connectivity index (χ0n) is 12.3. The van der Waals surface area contributed by atoms with Gasteiger partial charge in [0.2, 0.25) is 0 Å². The monoisotopic (exact) mass is 261 g/mol. The number of nitrogens with zero attached hydrogens (tertiary/aromatic N) is 1. The van der Waals surface area contributed by atoms with Crippen LogP contribution in [0.25, 0.3) is 0 Å². The topological polar surface area (TPSA) is 29.5 Å². The molecule has 1 aliphatic heterocycles. The van der Waals surface area contributed by atoms with Gasteiger partial charge in [-0.05, 0) is 50.5 Å². The Morgan fingerprint density at radius 3 is 2.63 bits per heavy atom. The maximum absolute atomic E-state index is 12.5. The largest absolute Gasteiger partial charge is 0.379 e. The van der Waals surface area contributed by atoms with Gasteiger partial charge in [-0.3, -0.25) is 9.69 Å². The van der Waals surface area contributed by atoms with Gasteiger partial charge in [0.15, 0.2) is 5.78 Å². The summed E-state index contributed by atoms with van der Waals surface area (Å²) < 4.78 is 5.40. The van der Waals surface area contributed by atoms with Crippen molar-refractivity contribution < 1.29 is 9.53 Å². The molecule has 2 rings (SSSR count). The summed E-state index contributed by atoms with van der Waals surface area (Å²) in [6.07, 6.45) is 0. The maximum Gasteiger partial charge on any atom is 0.177 e. The Kier molecular flexibility index (Phi) is 4.38. The third kappa shape index (κ3) is 3.23. The van der Waals surface area contributed by atoms with E-state index >= 15 is 0 Å². The molecule has 0 radical (unpaired) electrons. The normalized spacial score (nSPS) is 20.5. The van der Waals surface area contributed by atoms with Crippen LogP contribution >= 0.6 is 0 Å². The summed E-state index contributed by atoms with van der Waals surface area (Å²) >= 11 is 0. The number of hydrogen-bond acceptors (Lipinski definition) is 3. The summed E-state index contributed by atoms with van der Waals surface area (Å²) in [6, 6.07) is 4.45. The first-order valence-corrected chi connectivity index (χ1v) is 6.92. The van der Waals surface area contributed by atoms with Crippen LogP contribution < -0.4 is 0 Å². The standard InChI is InChI=1S/C16H23NO2/c1-11-7-13(3)15(8-12(11)2)16(18)9-17-5-6-19-10-14(17)4/h7-8,14H,5-6,9-10H2,1-4H3. The molecule has 1 atom stereocenters. The third-order valence-corrected chi connectivity index (χ3v) is 3.99. The van der Waals surface area contributed by atoms with Crippen molar-refractivity contribution in [2.45, 2.75) is 33.7 Å². The van der Waals surface area contributed by atoms with Crippen molar-refractivity contribution in [3.63, 3.8) is 0 Å². The summed E-state index contributed by atoms with van der Waals surface area (Å²) in [6.45, 7) is 11.1. The van der Waals surface area contributed by atoms with Crippen molar-refractivity contribution in [1.29, 1.82) is 0 Å². The highest BCUT2D eigenvalue weighted by atomic mass is 16.5. The highest BCUT2D eigenvalue weighted by Crippen LogP contribution is 2.17. The average Bonchev–Trinajstić information content (AvgIpc) is 2.36. The lowest BCUT2D eigenvalue weighted by Gasteiger charge is -2.32. The van der Waals surface area contributed by atoms with E-state index in [0.717, 1.165) is 30.9 Å². The van der Waals surface area contributed by atoms with Crippen LogP contribution in [0.15, 0.2) is 12.1 Å². The Balaban J connectivity index is 2.13. The highest BCUT2D eigenvalue weighted by Gasteiger charge is 2.22. The second-order valence-corrected chi connectivity index (χ2v) is 5.57. The van der Waals surface area contributed by atoms with Crippen molar-refractivity contribution >= 4 is 5.78 Å². The van der Waals surface area contributed by atoms with E-state index in [9.17, 15) is 4.79 Å². The fourth-order valence-electron chi connectivity index (χ4n) is 2.53. The smallest absolute Gasteiger partial charge is 0.177 e. The molecule has 0 aromatic heterocycles. The van der Waals surface area contributed by atoms with Gasteiger partial charge in [-0.15, -0.1) is 0 Å². The van der Waals surface area contributed by atoms with E-state index in [0.29, 0.717) is 12.6 Å². The molecule has 0 saturated carbocycles. The number of Topliss-reactive ketones (excluding diaryl/α,β-unsaturated/α-hetero) is 1. The fourth-order valence-corrected chi connectivity index (χ4v) is 2.53. The fraction of sp³-hybridized carbons (Fsp3) is 0.562. The van der Waals surface area contributed by atoms with Gasteiger partial charge in [0.1, 0.15) is 0 Å². The molecule has 104 valence electrons. The number of benzene rings is 1. The first kappa shape index (κ1) is 14.2. The molecule has 1 saturated heterocycles. The molecule has 0 amide bonds. The summed E-state index contributed by atoms with van der Waals surface area (Å²) in [5.41, 5.74) is 4.37. The minimum absolute atomic E-state index is 0.217. The van der Waals surface area contributed by atoms with Gasteiger partial charge in [0.05, 0.1) is 19.8 Å². The SMILES string of the molecule is Cc1cc(C)c(C(=O)CN2CCOCC2C)cc1C. The molecule has 1 aromatic carbocycles. The Morgan fingerprint density at radius 2 is 1.95 bits per heavy atom. The van der Waals surface area contributed by atoms with Crippen LogP contribution in [0.3, 0.4) is 0 Å². The lowest BCUT2D eigenvalue weighted by molar-refractivity contribution is 0.00200. The summed E-state index contributed by atoms with van der Waals surface area (Å²) in [7, 11) is 0. The number of rotatable bonds is 3. The second-order valence-electron chi connectivity index (χ2n) is 5.57. The maximum atomic E-state index is 12.5. The van der Waals surface area contributed by atoms with Crippen molar-refractivity contribution in [3.8, 4) is 0 Å². The number of ether oxygens (including phenoxy) is 1. The van der Waals surface area contributed by atoms with Crippen LogP contribution in [0.4, 0.5) is 0 Å². The Hall–Kier alpha value is -1.19. The molecule has 3 nitrogen and oxygen atoms in total. The number of carbonyl (C=O) groups is 1. The molecule has 0 bridgehead atoms. The van der Waals surface area contributed by atoms with E-state index in [4.69, 9.17) is 4.74 Å². The number of carbonyl (C=O) groups excluding carboxylic acids is 1. The molecule has 0 spiro atoms. The average molecular weight is 261 g/mol. The van der Waals surface area contributed by atoms with E-state index in [2.05, 4.69) is 31.7 Å². The molecule has 1 unspecified atom stereocenters. The molecule has 1 aromatic rings. The number of morpholine rings is 1. The molecule has 1 fully saturated rings. The molecular weight excluding hydrogens is 238 g/mol. The molecule has 0 aliphatic carbocycles. The summed E-state index contributed by atoms with van der Waals surface area (Å²) in [4.78, 5) is 14.7. The molecule has 19 heavy (non-hydrogen) atoms. The van der Waals surface area contributed by atoms with E-state index in [1.165, 1.54) is 11.1 Å². The minimum Gasteiger partial charge on any atom is -0.379 e. The van der Waals surface area contributed by atoms with Crippen molar-refractivity contribution in [3.05, 3.63) is 34.4 Å². The van der Waals surface area contributed by atoms with Crippen LogP contribution in [0.1, 0.15) is 34.0 Å². The summed E-state index contributed by atoms with van der Waals surface area (Å²) in [5, 5.41) is 0. The first-order valence-electron chi connectivity index (χ1n) is 6.92. The highest BCUT2D eigenvalue weighted by molar-refractivity contribution is 5.99. The molecular formula is C16H23NO2. The lowest BCUT2D eigenvalue weighted by Crippen LogP contribution is -2.46. The van der Waals surface area contributed by atoms with Crippen LogP contribution in [0, 0.1) is 20.8 Å². The number of ketones is 1. The predicted molar refractivity (Wildman–Crippen MR) is 76.8 cm³/mol. The zero-order valence-corrected chi connectivity index (χ0v) is 12.3. The Bertz CT molecular complexity index is 482. The lowest BCUT2D eigenvalue weighted by atomic mass is 9.97. The van der Waals surface area contributed by atoms with Crippen LogP contribution in [-0.2, 0) is 4.74 Å². The van der Waals surface area contributed by atoms with Crippen molar-refractivity contribution in [1.82, 2.24) is 4.90 Å². The van der Waals surface area contributed by atoms with E-state index in [-0.39, 0.29) is 5.78 Å². The van der Waals surface area contributed by atoms with Crippen LogP contribution in [-0.4, -0.2) is 43.0 Å². The third-order valence-electron chi connectivity index (χ3n) is 3.99. The van der Waals surface area contributed by atoms with Gasteiger partial charge in [-0.25, -0.2) is 0 Å². The van der Waals surface area contributed by atoms with Crippen molar-refractivity contribution in [2.75, 3.05) is 26.3 Å². The molecule has 0 N–H and O–H groups in total. The minimum atomic E-state index is 0.217. The quantitative estimate of drug-likeness (QED) is 0.783. The van der Waals surface area contributed by atoms with Gasteiger partial charge in [-0.2, -0.15) is 0 Å². The summed E-state index contributed by atoms with van der Waals surface area (Å²) in [5.74, 6) is 0.217. The second kappa shape index (κ2) is 5.85. The van der Waals surface area contributed by atoms with Gasteiger partial charge in [-0.1, -0.05) is 6.07 Å². The van der Waals surface area contributed by atoms with Crippen molar-refractivity contribution in [2.24, 2.45) is 0 Å². The molecule has 1 aliphatic rings. The first-order chi connectivity index (χ1) is 8.99. The van der Waals surface area contributed by atoms with E-state index < -0.39 is 0 Å². The molecule has 1 heterocycles. The van der Waals surface area contributed by atoms with E-state index in [1.807, 2.05) is 13.0 Å². The Morgan fingerprint density at radius 1 is 1.26 bits per heavy atom. The number of hydrogen-bond donors (Lipinski definition) is 0. The number of aryl methyl sites for hydroxylation is 3. The van der Waals surface area contributed by atoms with Gasteiger partial charge < -0.3 is 4.74 Å². The van der Waals surface area contributed by atoms with Crippen LogP contribution in [0.5, 0.6) is 0 Å². The zero-order chi connectivity index (χ0) is 14.0. The molecule has 3 heteroatoms. The van der Waals surface area contributed by atoms with Gasteiger partial charge in [0, 0.05) is 18.2 Å². The Labute approximate surface area is 115 Å².